The van der Waals surface area contributed by atoms with Crippen LogP contribution in [0.5, 0.6) is 0 Å². The van der Waals surface area contributed by atoms with Crippen LogP contribution in [0.3, 0.4) is 0 Å². The zero-order valence-corrected chi connectivity index (χ0v) is 15.1. The number of hydrogen-bond donors (Lipinski definition) is 1. The highest BCUT2D eigenvalue weighted by molar-refractivity contribution is 5.91. The molecule has 0 saturated carbocycles. The molecule has 0 aliphatic carbocycles. The minimum atomic E-state index is -0.149. The van der Waals surface area contributed by atoms with Crippen LogP contribution < -0.4 is 5.32 Å². The second kappa shape index (κ2) is 7.88. The van der Waals surface area contributed by atoms with E-state index < -0.39 is 0 Å². The van der Waals surface area contributed by atoms with E-state index in [-0.39, 0.29) is 12.5 Å². The SMILES string of the molecule is Cc1cccc(-c2noc(CN(C)CC(=O)Nc3cc(C)ccn3)n2)c1. The highest BCUT2D eigenvalue weighted by Crippen LogP contribution is 2.17. The van der Waals surface area contributed by atoms with E-state index in [4.69, 9.17) is 4.52 Å². The van der Waals surface area contributed by atoms with Crippen LogP contribution >= 0.6 is 0 Å². The van der Waals surface area contributed by atoms with E-state index in [1.54, 1.807) is 11.1 Å². The predicted octanol–water partition coefficient (Wildman–Crippen LogP) is 2.82. The number of hydrogen-bond acceptors (Lipinski definition) is 6. The molecule has 0 radical (unpaired) electrons. The molecule has 0 spiro atoms. The minimum Gasteiger partial charge on any atom is -0.338 e. The first kappa shape index (κ1) is 17.8. The molecule has 3 rings (SSSR count). The lowest BCUT2D eigenvalue weighted by atomic mass is 10.1. The first-order valence-electron chi connectivity index (χ1n) is 8.30. The quantitative estimate of drug-likeness (QED) is 0.735. The Morgan fingerprint density at radius 2 is 2.00 bits per heavy atom. The first-order chi connectivity index (χ1) is 12.5. The van der Waals surface area contributed by atoms with E-state index in [2.05, 4.69) is 20.4 Å². The van der Waals surface area contributed by atoms with Crippen molar-refractivity contribution in [3.05, 3.63) is 59.6 Å². The van der Waals surface area contributed by atoms with Crippen LogP contribution in [0.4, 0.5) is 5.82 Å². The molecule has 0 aliphatic heterocycles. The van der Waals surface area contributed by atoms with Crippen molar-refractivity contribution >= 4 is 11.7 Å². The summed E-state index contributed by atoms with van der Waals surface area (Å²) in [6.45, 7) is 4.54. The van der Waals surface area contributed by atoms with Gasteiger partial charge in [-0.25, -0.2) is 4.98 Å². The molecule has 0 atom stereocenters. The van der Waals surface area contributed by atoms with Crippen molar-refractivity contribution < 1.29 is 9.32 Å². The van der Waals surface area contributed by atoms with E-state index in [1.807, 2.05) is 57.3 Å². The number of rotatable bonds is 6. The number of carbonyl (C=O) groups excluding carboxylic acids is 1. The molecule has 0 saturated heterocycles. The summed E-state index contributed by atoms with van der Waals surface area (Å²) in [5.41, 5.74) is 3.08. The second-order valence-corrected chi connectivity index (χ2v) is 6.32. The van der Waals surface area contributed by atoms with Gasteiger partial charge in [-0.05, 0) is 44.7 Å². The Labute approximate surface area is 152 Å². The maximum atomic E-state index is 12.1. The van der Waals surface area contributed by atoms with E-state index in [0.717, 1.165) is 16.7 Å². The van der Waals surface area contributed by atoms with Gasteiger partial charge in [-0.15, -0.1) is 0 Å². The van der Waals surface area contributed by atoms with Crippen molar-refractivity contribution in [1.82, 2.24) is 20.0 Å². The van der Waals surface area contributed by atoms with Crippen LogP contribution in [0, 0.1) is 13.8 Å². The lowest BCUT2D eigenvalue weighted by Gasteiger charge is -2.13. The van der Waals surface area contributed by atoms with Crippen LogP contribution in [0.2, 0.25) is 0 Å². The van der Waals surface area contributed by atoms with Gasteiger partial charge >= 0.3 is 0 Å². The highest BCUT2D eigenvalue weighted by atomic mass is 16.5. The predicted molar refractivity (Wildman–Crippen MR) is 98.4 cm³/mol. The summed E-state index contributed by atoms with van der Waals surface area (Å²) in [5, 5.41) is 6.79. The zero-order valence-electron chi connectivity index (χ0n) is 15.1. The summed E-state index contributed by atoms with van der Waals surface area (Å²) in [7, 11) is 1.82. The topological polar surface area (TPSA) is 84.2 Å². The summed E-state index contributed by atoms with van der Waals surface area (Å²) in [4.78, 5) is 22.5. The Morgan fingerprint density at radius 1 is 1.19 bits per heavy atom. The Hall–Kier alpha value is -3.06. The average Bonchev–Trinajstić information content (AvgIpc) is 3.03. The number of likely N-dealkylation sites (N-methyl/N-ethyl adjacent to an activating group) is 1. The van der Waals surface area contributed by atoms with Crippen molar-refractivity contribution in [2.45, 2.75) is 20.4 Å². The van der Waals surface area contributed by atoms with E-state index >= 15 is 0 Å². The number of amides is 1. The molecule has 1 aromatic carbocycles. The number of carbonyl (C=O) groups is 1. The third-order valence-electron chi connectivity index (χ3n) is 3.75. The third-order valence-corrected chi connectivity index (χ3v) is 3.75. The number of pyridine rings is 1. The molecule has 0 aliphatic rings. The molecule has 134 valence electrons. The van der Waals surface area contributed by atoms with Crippen LogP contribution in [-0.4, -0.2) is 39.5 Å². The molecule has 7 nitrogen and oxygen atoms in total. The van der Waals surface area contributed by atoms with E-state index in [0.29, 0.717) is 24.1 Å². The van der Waals surface area contributed by atoms with Crippen molar-refractivity contribution in [1.29, 1.82) is 0 Å². The maximum Gasteiger partial charge on any atom is 0.241 e. The Bertz CT molecular complexity index is 906. The fourth-order valence-electron chi connectivity index (χ4n) is 2.54. The average molecular weight is 351 g/mol. The molecule has 7 heteroatoms. The van der Waals surface area contributed by atoms with Gasteiger partial charge in [0.2, 0.25) is 17.6 Å². The third kappa shape index (κ3) is 4.73. The van der Waals surface area contributed by atoms with Gasteiger partial charge in [0.25, 0.3) is 0 Å². The lowest BCUT2D eigenvalue weighted by Crippen LogP contribution is -2.30. The standard InChI is InChI=1S/C19H21N5O2/c1-13-5-4-6-15(9-13)19-22-18(26-23-19)12-24(3)11-17(25)21-16-10-14(2)7-8-20-16/h4-10H,11-12H2,1-3H3,(H,20,21,25). The second-order valence-electron chi connectivity index (χ2n) is 6.32. The lowest BCUT2D eigenvalue weighted by molar-refractivity contribution is -0.117. The van der Waals surface area contributed by atoms with E-state index in [1.165, 1.54) is 0 Å². The van der Waals surface area contributed by atoms with Gasteiger partial charge in [-0.2, -0.15) is 4.98 Å². The minimum absolute atomic E-state index is 0.149. The van der Waals surface area contributed by atoms with Gasteiger partial charge in [0.15, 0.2) is 0 Å². The van der Waals surface area contributed by atoms with Crippen molar-refractivity contribution in [2.24, 2.45) is 0 Å². The number of nitrogens with one attached hydrogen (secondary N) is 1. The van der Waals surface area contributed by atoms with Gasteiger partial charge in [0.1, 0.15) is 5.82 Å². The molecular weight excluding hydrogens is 330 g/mol. The summed E-state index contributed by atoms with van der Waals surface area (Å²) in [6, 6.07) is 11.6. The molecule has 26 heavy (non-hydrogen) atoms. The Kier molecular flexibility index (Phi) is 5.38. The van der Waals surface area contributed by atoms with Gasteiger partial charge < -0.3 is 9.84 Å². The van der Waals surface area contributed by atoms with Crippen molar-refractivity contribution in [3.63, 3.8) is 0 Å². The molecule has 2 heterocycles. The molecule has 0 unspecified atom stereocenters. The van der Waals surface area contributed by atoms with Crippen LogP contribution in [0.15, 0.2) is 47.1 Å². The fourth-order valence-corrected chi connectivity index (χ4v) is 2.54. The summed E-state index contributed by atoms with van der Waals surface area (Å²) < 4.78 is 5.30. The molecule has 1 N–H and O–H groups in total. The number of aryl methyl sites for hydroxylation is 2. The smallest absolute Gasteiger partial charge is 0.241 e. The summed E-state index contributed by atoms with van der Waals surface area (Å²) in [6.07, 6.45) is 1.67. The van der Waals surface area contributed by atoms with Gasteiger partial charge in [-0.1, -0.05) is 28.9 Å². The van der Waals surface area contributed by atoms with Crippen LogP contribution in [0.25, 0.3) is 11.4 Å². The number of anilines is 1. The molecule has 0 bridgehead atoms. The number of aromatic nitrogens is 3. The Balaban J connectivity index is 1.56. The molecule has 3 aromatic rings. The van der Waals surface area contributed by atoms with Crippen molar-refractivity contribution in [2.75, 3.05) is 18.9 Å². The fraction of sp³-hybridized carbons (Fsp3) is 0.263. The molecular formula is C19H21N5O2. The van der Waals surface area contributed by atoms with Crippen molar-refractivity contribution in [3.8, 4) is 11.4 Å². The summed E-state index contributed by atoms with van der Waals surface area (Å²) >= 11 is 0. The maximum absolute atomic E-state index is 12.1. The van der Waals surface area contributed by atoms with Crippen LogP contribution in [0.1, 0.15) is 17.0 Å². The Morgan fingerprint density at radius 3 is 2.77 bits per heavy atom. The zero-order chi connectivity index (χ0) is 18.5. The molecule has 1 amide bonds. The molecule has 2 aromatic heterocycles. The van der Waals surface area contributed by atoms with Gasteiger partial charge in [0, 0.05) is 11.8 Å². The summed E-state index contributed by atoms with van der Waals surface area (Å²) in [5.74, 6) is 1.41. The van der Waals surface area contributed by atoms with E-state index in [9.17, 15) is 4.79 Å². The normalized spacial score (nSPS) is 10.9. The van der Waals surface area contributed by atoms with Crippen LogP contribution in [-0.2, 0) is 11.3 Å². The number of nitrogens with zero attached hydrogens (tertiary/aromatic N) is 4. The van der Waals surface area contributed by atoms with Gasteiger partial charge in [0.05, 0.1) is 13.1 Å². The highest BCUT2D eigenvalue weighted by Gasteiger charge is 2.13. The van der Waals surface area contributed by atoms with Gasteiger partial charge in [-0.3, -0.25) is 9.69 Å². The number of benzene rings is 1. The molecule has 0 fully saturated rings. The first-order valence-corrected chi connectivity index (χ1v) is 8.30. The largest absolute Gasteiger partial charge is 0.338 e. The monoisotopic (exact) mass is 351 g/mol.